The van der Waals surface area contributed by atoms with E-state index in [1.165, 1.54) is 32.1 Å². The molecule has 1 fully saturated rings. The summed E-state index contributed by atoms with van der Waals surface area (Å²) in [6.45, 7) is 2.55. The summed E-state index contributed by atoms with van der Waals surface area (Å²) < 4.78 is 0. The van der Waals surface area contributed by atoms with Crippen LogP contribution in [0.15, 0.2) is 6.20 Å². The van der Waals surface area contributed by atoms with Gasteiger partial charge in [-0.2, -0.15) is 0 Å². The molecule has 19 heavy (non-hydrogen) atoms. The smallest absolute Gasteiger partial charge is 0.315 e. The molecule has 1 heterocycles. The van der Waals surface area contributed by atoms with Gasteiger partial charge in [-0.1, -0.05) is 32.1 Å². The van der Waals surface area contributed by atoms with E-state index in [1.807, 2.05) is 13.1 Å². The van der Waals surface area contributed by atoms with Crippen molar-refractivity contribution >= 4 is 17.4 Å². The lowest BCUT2D eigenvalue weighted by molar-refractivity contribution is 0.233. The quantitative estimate of drug-likeness (QED) is 0.892. The van der Waals surface area contributed by atoms with Crippen LogP contribution in [0.4, 0.5) is 4.79 Å². The predicted molar refractivity (Wildman–Crippen MR) is 78.3 cm³/mol. The number of carbonyl (C=O) groups is 1. The molecule has 0 atom stereocenters. The third-order valence-corrected chi connectivity index (χ3v) is 4.45. The standard InChI is InChI=1S/C14H23N3OS/c1-11-15-9-13(19-11)10-16-14(18)17-12-7-5-3-2-4-6-8-12/h9,12H,2-8,10H2,1H3,(H2,16,17,18). The van der Waals surface area contributed by atoms with Crippen LogP contribution in [0.25, 0.3) is 0 Å². The maximum atomic E-state index is 11.9. The highest BCUT2D eigenvalue weighted by molar-refractivity contribution is 7.11. The molecule has 2 amide bonds. The maximum absolute atomic E-state index is 11.9. The summed E-state index contributed by atoms with van der Waals surface area (Å²) in [4.78, 5) is 17.1. The number of hydrogen-bond acceptors (Lipinski definition) is 3. The Morgan fingerprint density at radius 1 is 1.32 bits per heavy atom. The molecule has 0 saturated heterocycles. The number of aryl methyl sites for hydroxylation is 1. The molecule has 2 rings (SSSR count). The van der Waals surface area contributed by atoms with Crippen molar-refractivity contribution in [3.63, 3.8) is 0 Å². The fraction of sp³-hybridized carbons (Fsp3) is 0.714. The van der Waals surface area contributed by atoms with Crippen molar-refractivity contribution in [2.45, 2.75) is 64.5 Å². The van der Waals surface area contributed by atoms with E-state index >= 15 is 0 Å². The molecule has 0 aromatic carbocycles. The van der Waals surface area contributed by atoms with E-state index in [9.17, 15) is 4.79 Å². The van der Waals surface area contributed by atoms with Gasteiger partial charge in [-0.25, -0.2) is 9.78 Å². The molecule has 1 aliphatic rings. The third-order valence-electron chi connectivity index (χ3n) is 3.53. The zero-order valence-corrected chi connectivity index (χ0v) is 12.4. The Balaban J connectivity index is 1.70. The first-order chi connectivity index (χ1) is 9.24. The van der Waals surface area contributed by atoms with E-state index < -0.39 is 0 Å². The van der Waals surface area contributed by atoms with Gasteiger partial charge in [0, 0.05) is 17.1 Å². The van der Waals surface area contributed by atoms with Crippen LogP contribution in [0.1, 0.15) is 54.8 Å². The largest absolute Gasteiger partial charge is 0.335 e. The molecule has 0 spiro atoms. The SMILES string of the molecule is Cc1ncc(CNC(=O)NC2CCCCCCC2)s1. The van der Waals surface area contributed by atoms with Gasteiger partial charge in [0.25, 0.3) is 0 Å². The second kappa shape index (κ2) is 7.48. The van der Waals surface area contributed by atoms with Gasteiger partial charge >= 0.3 is 6.03 Å². The Bertz CT molecular complexity index is 397. The lowest BCUT2D eigenvalue weighted by Gasteiger charge is -2.21. The number of thiazole rings is 1. The minimum absolute atomic E-state index is 0.0448. The van der Waals surface area contributed by atoms with Gasteiger partial charge in [-0.3, -0.25) is 0 Å². The molecule has 0 aliphatic heterocycles. The summed E-state index contributed by atoms with van der Waals surface area (Å²) in [7, 11) is 0. The molecule has 1 aromatic rings. The van der Waals surface area contributed by atoms with Gasteiger partial charge in [0.05, 0.1) is 11.6 Å². The monoisotopic (exact) mass is 281 g/mol. The van der Waals surface area contributed by atoms with Gasteiger partial charge in [-0.05, 0) is 19.8 Å². The van der Waals surface area contributed by atoms with Gasteiger partial charge < -0.3 is 10.6 Å². The minimum Gasteiger partial charge on any atom is -0.335 e. The third kappa shape index (κ3) is 5.19. The number of carbonyl (C=O) groups excluding carboxylic acids is 1. The Hall–Kier alpha value is -1.10. The van der Waals surface area contributed by atoms with Gasteiger partial charge in [0.1, 0.15) is 0 Å². The zero-order valence-electron chi connectivity index (χ0n) is 11.6. The summed E-state index contributed by atoms with van der Waals surface area (Å²) in [5.41, 5.74) is 0. The van der Waals surface area contributed by atoms with Gasteiger partial charge in [0.2, 0.25) is 0 Å². The van der Waals surface area contributed by atoms with Crippen LogP contribution < -0.4 is 10.6 Å². The van der Waals surface area contributed by atoms with Crippen molar-refractivity contribution in [2.75, 3.05) is 0 Å². The second-order valence-electron chi connectivity index (χ2n) is 5.21. The molecule has 1 saturated carbocycles. The summed E-state index contributed by atoms with van der Waals surface area (Å²) >= 11 is 1.63. The first-order valence-electron chi connectivity index (χ1n) is 7.20. The number of aromatic nitrogens is 1. The van der Waals surface area contributed by atoms with Crippen LogP contribution in [0, 0.1) is 6.92 Å². The van der Waals surface area contributed by atoms with E-state index in [1.54, 1.807) is 11.3 Å². The molecule has 1 aromatic heterocycles. The average Bonchev–Trinajstić information content (AvgIpc) is 2.76. The number of urea groups is 1. The highest BCUT2D eigenvalue weighted by atomic mass is 32.1. The first kappa shape index (κ1) is 14.3. The molecular weight excluding hydrogens is 258 g/mol. The highest BCUT2D eigenvalue weighted by Gasteiger charge is 2.13. The van der Waals surface area contributed by atoms with Crippen molar-refractivity contribution in [3.8, 4) is 0 Å². The van der Waals surface area contributed by atoms with E-state index in [-0.39, 0.29) is 6.03 Å². The number of amides is 2. The number of rotatable bonds is 3. The second-order valence-corrected chi connectivity index (χ2v) is 6.53. The van der Waals surface area contributed by atoms with Crippen LogP contribution in [-0.4, -0.2) is 17.1 Å². The minimum atomic E-state index is -0.0448. The van der Waals surface area contributed by atoms with Crippen molar-refractivity contribution in [1.29, 1.82) is 0 Å². The van der Waals surface area contributed by atoms with E-state index in [0.717, 1.165) is 22.7 Å². The lowest BCUT2D eigenvalue weighted by Crippen LogP contribution is -2.41. The van der Waals surface area contributed by atoms with Crippen LogP contribution in [-0.2, 0) is 6.54 Å². The Morgan fingerprint density at radius 3 is 2.63 bits per heavy atom. The Labute approximate surface area is 119 Å². The molecule has 0 unspecified atom stereocenters. The van der Waals surface area contributed by atoms with Crippen LogP contribution in [0.5, 0.6) is 0 Å². The maximum Gasteiger partial charge on any atom is 0.315 e. The summed E-state index contributed by atoms with van der Waals surface area (Å²) in [6.07, 6.45) is 10.5. The number of nitrogens with zero attached hydrogens (tertiary/aromatic N) is 1. The number of hydrogen-bond donors (Lipinski definition) is 2. The fourth-order valence-electron chi connectivity index (χ4n) is 2.49. The lowest BCUT2D eigenvalue weighted by atomic mass is 9.97. The molecule has 1 aliphatic carbocycles. The van der Waals surface area contributed by atoms with E-state index in [0.29, 0.717) is 12.6 Å². The Kier molecular flexibility index (Phi) is 5.63. The van der Waals surface area contributed by atoms with Crippen molar-refractivity contribution in [1.82, 2.24) is 15.6 Å². The molecule has 4 nitrogen and oxygen atoms in total. The molecule has 106 valence electrons. The molecule has 0 bridgehead atoms. The van der Waals surface area contributed by atoms with Crippen molar-refractivity contribution in [3.05, 3.63) is 16.1 Å². The zero-order chi connectivity index (χ0) is 13.5. The first-order valence-corrected chi connectivity index (χ1v) is 8.01. The normalized spacial score (nSPS) is 17.5. The van der Waals surface area contributed by atoms with Crippen molar-refractivity contribution < 1.29 is 4.79 Å². The van der Waals surface area contributed by atoms with Crippen molar-refractivity contribution in [2.24, 2.45) is 0 Å². The van der Waals surface area contributed by atoms with Gasteiger partial charge in [-0.15, -0.1) is 11.3 Å². The summed E-state index contributed by atoms with van der Waals surface area (Å²) in [5.74, 6) is 0. The fourth-order valence-corrected chi connectivity index (χ4v) is 3.23. The molecule has 5 heteroatoms. The van der Waals surface area contributed by atoms with Crippen LogP contribution in [0.3, 0.4) is 0 Å². The van der Waals surface area contributed by atoms with Gasteiger partial charge in [0.15, 0.2) is 0 Å². The van der Waals surface area contributed by atoms with Crippen LogP contribution >= 0.6 is 11.3 Å². The highest BCUT2D eigenvalue weighted by Crippen LogP contribution is 2.17. The summed E-state index contributed by atoms with van der Waals surface area (Å²) in [5, 5.41) is 7.05. The van der Waals surface area contributed by atoms with E-state index in [4.69, 9.17) is 0 Å². The van der Waals surface area contributed by atoms with Crippen LogP contribution in [0.2, 0.25) is 0 Å². The molecular formula is C14H23N3OS. The molecule has 0 radical (unpaired) electrons. The predicted octanol–water partition coefficient (Wildman–Crippen LogP) is 3.36. The van der Waals surface area contributed by atoms with E-state index in [2.05, 4.69) is 15.6 Å². The Morgan fingerprint density at radius 2 is 2.00 bits per heavy atom. The number of nitrogens with one attached hydrogen (secondary N) is 2. The summed E-state index contributed by atoms with van der Waals surface area (Å²) in [6, 6.07) is 0.306. The topological polar surface area (TPSA) is 54.0 Å². The molecule has 2 N–H and O–H groups in total. The average molecular weight is 281 g/mol.